The highest BCUT2D eigenvalue weighted by molar-refractivity contribution is 7.99. The van der Waals surface area contributed by atoms with E-state index in [1.165, 1.54) is 11.8 Å². The largest absolute Gasteiger partial charge is 0.392 e. The first-order chi connectivity index (χ1) is 7.70. The van der Waals surface area contributed by atoms with Crippen LogP contribution in [0.4, 0.5) is 0 Å². The van der Waals surface area contributed by atoms with E-state index in [9.17, 15) is 0 Å². The van der Waals surface area contributed by atoms with Gasteiger partial charge in [-0.05, 0) is 52.4 Å². The zero-order valence-electron chi connectivity index (χ0n) is 9.08. The van der Waals surface area contributed by atoms with E-state index in [0.29, 0.717) is 0 Å². The molecule has 0 aliphatic carbocycles. The highest BCUT2D eigenvalue weighted by Crippen LogP contribution is 2.26. The Kier molecular flexibility index (Phi) is 3.21. The van der Waals surface area contributed by atoms with Crippen molar-refractivity contribution in [2.75, 3.05) is 0 Å². The summed E-state index contributed by atoms with van der Waals surface area (Å²) in [6, 6.07) is 5.89. The van der Waals surface area contributed by atoms with E-state index in [4.69, 9.17) is 5.11 Å². The number of aromatic nitrogens is 4. The van der Waals surface area contributed by atoms with Gasteiger partial charge in [0.05, 0.1) is 6.61 Å². The molecule has 16 heavy (non-hydrogen) atoms. The van der Waals surface area contributed by atoms with Crippen LogP contribution < -0.4 is 0 Å². The Hall–Kier alpha value is -1.40. The molecule has 2 rings (SSSR count). The standard InChI is InChI=1S/C10H12N4OS/c1-7-5-9(4-3-8(7)6-15)16-10-11-12-13-14(10)2/h3-5,15H,6H2,1-2H3. The Morgan fingerprint density at radius 3 is 2.81 bits per heavy atom. The molecule has 1 aromatic heterocycles. The van der Waals surface area contributed by atoms with Gasteiger partial charge >= 0.3 is 0 Å². The first-order valence-corrected chi connectivity index (χ1v) is 5.63. The second kappa shape index (κ2) is 4.63. The molecule has 0 saturated carbocycles. The summed E-state index contributed by atoms with van der Waals surface area (Å²) < 4.78 is 1.62. The van der Waals surface area contributed by atoms with Crippen LogP contribution in [0, 0.1) is 6.92 Å². The zero-order valence-corrected chi connectivity index (χ0v) is 9.90. The number of rotatable bonds is 3. The van der Waals surface area contributed by atoms with E-state index < -0.39 is 0 Å². The third kappa shape index (κ3) is 2.23. The van der Waals surface area contributed by atoms with Crippen LogP contribution in [-0.4, -0.2) is 25.3 Å². The summed E-state index contributed by atoms with van der Waals surface area (Å²) >= 11 is 1.50. The summed E-state index contributed by atoms with van der Waals surface area (Å²) in [6.07, 6.45) is 0. The molecule has 5 nitrogen and oxygen atoms in total. The summed E-state index contributed by atoms with van der Waals surface area (Å²) in [5, 5.41) is 21.1. The number of nitrogens with zero attached hydrogens (tertiary/aromatic N) is 4. The van der Waals surface area contributed by atoms with Gasteiger partial charge in [-0.2, -0.15) is 0 Å². The second-order valence-corrected chi connectivity index (χ2v) is 4.47. The summed E-state index contributed by atoms with van der Waals surface area (Å²) in [4.78, 5) is 1.06. The fraction of sp³-hybridized carbons (Fsp3) is 0.300. The van der Waals surface area contributed by atoms with Crippen molar-refractivity contribution in [2.45, 2.75) is 23.6 Å². The van der Waals surface area contributed by atoms with Gasteiger partial charge in [-0.1, -0.05) is 6.07 Å². The topological polar surface area (TPSA) is 63.8 Å². The van der Waals surface area contributed by atoms with Crippen LogP contribution in [0.15, 0.2) is 28.3 Å². The maximum absolute atomic E-state index is 9.07. The molecule has 0 amide bonds. The van der Waals surface area contributed by atoms with Gasteiger partial charge in [0.1, 0.15) is 0 Å². The molecule has 1 heterocycles. The first-order valence-electron chi connectivity index (χ1n) is 4.81. The monoisotopic (exact) mass is 236 g/mol. The minimum absolute atomic E-state index is 0.0717. The van der Waals surface area contributed by atoms with E-state index in [0.717, 1.165) is 21.2 Å². The molecule has 0 aliphatic rings. The fourth-order valence-corrected chi connectivity index (χ4v) is 2.15. The van der Waals surface area contributed by atoms with Crippen LogP contribution in [0.2, 0.25) is 0 Å². The number of benzene rings is 1. The molecule has 0 spiro atoms. The lowest BCUT2D eigenvalue weighted by Gasteiger charge is -2.05. The first kappa shape index (κ1) is 11.1. The Morgan fingerprint density at radius 1 is 1.44 bits per heavy atom. The SMILES string of the molecule is Cc1cc(Sc2nnnn2C)ccc1CO. The molecular weight excluding hydrogens is 224 g/mol. The number of hydrogen-bond donors (Lipinski definition) is 1. The van der Waals surface area contributed by atoms with E-state index in [1.807, 2.05) is 25.1 Å². The lowest BCUT2D eigenvalue weighted by molar-refractivity contribution is 0.281. The van der Waals surface area contributed by atoms with Crippen molar-refractivity contribution in [3.63, 3.8) is 0 Å². The predicted molar refractivity (Wildman–Crippen MR) is 60.0 cm³/mol. The molecule has 0 unspecified atom stereocenters. The van der Waals surface area contributed by atoms with Gasteiger partial charge in [-0.25, -0.2) is 4.68 Å². The maximum Gasteiger partial charge on any atom is 0.213 e. The van der Waals surface area contributed by atoms with Crippen molar-refractivity contribution in [2.24, 2.45) is 7.05 Å². The van der Waals surface area contributed by atoms with Gasteiger partial charge in [0.15, 0.2) is 0 Å². The van der Waals surface area contributed by atoms with Gasteiger partial charge in [0.2, 0.25) is 5.16 Å². The number of hydrogen-bond acceptors (Lipinski definition) is 5. The molecule has 6 heteroatoms. The van der Waals surface area contributed by atoms with E-state index in [-0.39, 0.29) is 6.61 Å². The van der Waals surface area contributed by atoms with Gasteiger partial charge in [-0.3, -0.25) is 0 Å². The van der Waals surface area contributed by atoms with Crippen LogP contribution in [0.5, 0.6) is 0 Å². The quantitative estimate of drug-likeness (QED) is 0.866. The lowest BCUT2D eigenvalue weighted by Crippen LogP contribution is -1.93. The Balaban J connectivity index is 2.23. The summed E-state index contributed by atoms with van der Waals surface area (Å²) in [5.41, 5.74) is 2.02. The average molecular weight is 236 g/mol. The Morgan fingerprint density at radius 2 is 2.25 bits per heavy atom. The molecule has 0 saturated heterocycles. The summed E-state index contributed by atoms with van der Waals surface area (Å²) in [6.45, 7) is 2.05. The molecule has 0 aliphatic heterocycles. The highest BCUT2D eigenvalue weighted by Gasteiger charge is 2.06. The van der Waals surface area contributed by atoms with Crippen molar-refractivity contribution in [3.8, 4) is 0 Å². The lowest BCUT2D eigenvalue weighted by atomic mass is 10.1. The Bertz CT molecular complexity index is 497. The maximum atomic E-state index is 9.07. The van der Waals surface area contributed by atoms with Gasteiger partial charge in [0, 0.05) is 11.9 Å². The normalized spacial score (nSPS) is 10.7. The van der Waals surface area contributed by atoms with E-state index in [2.05, 4.69) is 15.5 Å². The number of tetrazole rings is 1. The molecule has 84 valence electrons. The van der Waals surface area contributed by atoms with Gasteiger partial charge in [0.25, 0.3) is 0 Å². The number of aryl methyl sites for hydroxylation is 2. The van der Waals surface area contributed by atoms with Crippen molar-refractivity contribution >= 4 is 11.8 Å². The van der Waals surface area contributed by atoms with E-state index >= 15 is 0 Å². The van der Waals surface area contributed by atoms with Crippen molar-refractivity contribution in [1.29, 1.82) is 0 Å². The predicted octanol–water partition coefficient (Wildman–Crippen LogP) is 1.16. The van der Waals surface area contributed by atoms with Crippen molar-refractivity contribution < 1.29 is 5.11 Å². The molecule has 1 aromatic carbocycles. The molecule has 2 aromatic rings. The molecule has 0 atom stereocenters. The molecular formula is C10H12N4OS. The van der Waals surface area contributed by atoms with Gasteiger partial charge in [-0.15, -0.1) is 5.10 Å². The fourth-order valence-electron chi connectivity index (χ4n) is 1.32. The highest BCUT2D eigenvalue weighted by atomic mass is 32.2. The molecule has 1 N–H and O–H groups in total. The summed E-state index contributed by atoms with van der Waals surface area (Å²) in [5.74, 6) is 0. The minimum Gasteiger partial charge on any atom is -0.392 e. The van der Waals surface area contributed by atoms with Crippen LogP contribution in [0.25, 0.3) is 0 Å². The zero-order chi connectivity index (χ0) is 11.5. The van der Waals surface area contributed by atoms with Crippen LogP contribution in [0.3, 0.4) is 0 Å². The van der Waals surface area contributed by atoms with E-state index in [1.54, 1.807) is 11.7 Å². The third-order valence-electron chi connectivity index (χ3n) is 2.27. The smallest absolute Gasteiger partial charge is 0.213 e. The van der Waals surface area contributed by atoms with Crippen molar-refractivity contribution in [1.82, 2.24) is 20.2 Å². The molecule has 0 radical (unpaired) electrons. The van der Waals surface area contributed by atoms with Crippen molar-refractivity contribution in [3.05, 3.63) is 29.3 Å². The molecule has 0 bridgehead atoms. The van der Waals surface area contributed by atoms with Gasteiger partial charge < -0.3 is 5.11 Å². The Labute approximate surface area is 97.5 Å². The minimum atomic E-state index is 0.0717. The van der Waals surface area contributed by atoms with Crippen LogP contribution in [0.1, 0.15) is 11.1 Å². The van der Waals surface area contributed by atoms with Crippen LogP contribution in [-0.2, 0) is 13.7 Å². The third-order valence-corrected chi connectivity index (χ3v) is 3.29. The number of aliphatic hydroxyl groups is 1. The number of aliphatic hydroxyl groups excluding tert-OH is 1. The summed E-state index contributed by atoms with van der Waals surface area (Å²) in [7, 11) is 1.80. The van der Waals surface area contributed by atoms with Crippen LogP contribution >= 0.6 is 11.8 Å². The molecule has 0 fully saturated rings. The second-order valence-electron chi connectivity index (χ2n) is 3.43. The average Bonchev–Trinajstić information content (AvgIpc) is 2.65.